The fraction of sp³-hybridized carbons (Fsp3) is 0.444. The molecule has 0 unspecified atom stereocenters. The minimum Gasteiger partial charge on any atom is -1.00 e. The Balaban J connectivity index is -0.000000270. The van der Waals surface area contributed by atoms with Crippen LogP contribution < -0.4 is 24.8 Å². The SMILES string of the molecule is CC(C)C[c-]1cccc1.CC(C)C[c-]1cccc1.[Cl-].[Cl-].[Hf+4]. The molecule has 0 aliphatic carbocycles. The molecule has 116 valence electrons. The number of halogens is 2. The van der Waals surface area contributed by atoms with Crippen LogP contribution in [0.25, 0.3) is 0 Å². The summed E-state index contributed by atoms with van der Waals surface area (Å²) in [5, 5.41) is 0. The fourth-order valence-electron chi connectivity index (χ4n) is 2.04. The van der Waals surface area contributed by atoms with Crippen molar-refractivity contribution in [3.63, 3.8) is 0 Å². The molecule has 0 heterocycles. The predicted molar refractivity (Wildman–Crippen MR) is 81.2 cm³/mol. The van der Waals surface area contributed by atoms with Crippen LogP contribution in [0.2, 0.25) is 0 Å². The van der Waals surface area contributed by atoms with Crippen molar-refractivity contribution in [1.29, 1.82) is 0 Å². The Morgan fingerprint density at radius 1 is 0.619 bits per heavy atom. The third-order valence-electron chi connectivity index (χ3n) is 2.75. The van der Waals surface area contributed by atoms with Crippen LogP contribution in [-0.2, 0) is 38.7 Å². The van der Waals surface area contributed by atoms with Gasteiger partial charge in [-0.2, -0.15) is 35.4 Å². The van der Waals surface area contributed by atoms with Crippen LogP contribution in [0.1, 0.15) is 38.8 Å². The maximum atomic E-state index is 2.24. The third-order valence-corrected chi connectivity index (χ3v) is 2.75. The number of rotatable bonds is 4. The van der Waals surface area contributed by atoms with Gasteiger partial charge in [0.1, 0.15) is 0 Å². The molecule has 0 aliphatic rings. The van der Waals surface area contributed by atoms with Crippen LogP contribution in [0.15, 0.2) is 48.5 Å². The van der Waals surface area contributed by atoms with Crippen molar-refractivity contribution in [2.24, 2.45) is 11.8 Å². The minimum atomic E-state index is 0. The Hall–Kier alpha value is 0.150. The first kappa shape index (κ1) is 26.1. The van der Waals surface area contributed by atoms with E-state index in [9.17, 15) is 0 Å². The van der Waals surface area contributed by atoms with Gasteiger partial charge in [-0.25, -0.2) is 24.3 Å². The molecule has 2 aromatic rings. The van der Waals surface area contributed by atoms with Crippen molar-refractivity contribution in [2.45, 2.75) is 40.5 Å². The molecule has 0 bridgehead atoms. The van der Waals surface area contributed by atoms with Gasteiger partial charge >= 0.3 is 25.8 Å². The van der Waals surface area contributed by atoms with E-state index < -0.39 is 0 Å². The first-order valence-electron chi connectivity index (χ1n) is 6.99. The molecule has 0 saturated carbocycles. The van der Waals surface area contributed by atoms with Crippen LogP contribution in [0.3, 0.4) is 0 Å². The predicted octanol–water partition coefficient (Wildman–Crippen LogP) is -0.786. The largest absolute Gasteiger partial charge is 4.00 e. The third kappa shape index (κ3) is 13.5. The van der Waals surface area contributed by atoms with Gasteiger partial charge < -0.3 is 24.8 Å². The average molecular weight is 492 g/mol. The van der Waals surface area contributed by atoms with Crippen molar-refractivity contribution in [3.8, 4) is 0 Å². The van der Waals surface area contributed by atoms with Crippen LogP contribution >= 0.6 is 0 Å². The summed E-state index contributed by atoms with van der Waals surface area (Å²) in [7, 11) is 0. The van der Waals surface area contributed by atoms with Gasteiger partial charge in [-0.3, -0.25) is 0 Å². The van der Waals surface area contributed by atoms with Gasteiger partial charge in [0.2, 0.25) is 0 Å². The summed E-state index contributed by atoms with van der Waals surface area (Å²) in [4.78, 5) is 0. The van der Waals surface area contributed by atoms with E-state index in [4.69, 9.17) is 0 Å². The summed E-state index contributed by atoms with van der Waals surface area (Å²) in [6, 6.07) is 17.1. The second-order valence-electron chi connectivity index (χ2n) is 5.78. The van der Waals surface area contributed by atoms with E-state index >= 15 is 0 Å². The standard InChI is InChI=1S/2C9H13.2ClH.Hf/c2*1-8(2)7-9-5-3-4-6-9;;;/h2*3-6,8H,7H2,1-2H3;2*1H;/q2*-1;;;+4/p-2. The van der Waals surface area contributed by atoms with E-state index in [-0.39, 0.29) is 50.7 Å². The topological polar surface area (TPSA) is 0 Å². The molecule has 0 aliphatic heterocycles. The molecule has 0 nitrogen and oxygen atoms in total. The normalized spacial score (nSPS) is 9.05. The smallest absolute Gasteiger partial charge is 1.00 e. The van der Waals surface area contributed by atoms with E-state index in [0.29, 0.717) is 0 Å². The Bertz CT molecular complexity index is 349. The Labute approximate surface area is 162 Å². The first-order chi connectivity index (χ1) is 8.58. The van der Waals surface area contributed by atoms with Crippen LogP contribution in [0, 0.1) is 11.8 Å². The molecule has 2 rings (SSSR count). The maximum Gasteiger partial charge on any atom is 4.00 e. The fourth-order valence-corrected chi connectivity index (χ4v) is 2.04. The second kappa shape index (κ2) is 15.1. The maximum absolute atomic E-state index is 2.24. The van der Waals surface area contributed by atoms with Crippen molar-refractivity contribution in [1.82, 2.24) is 0 Å². The Morgan fingerprint density at radius 3 is 1.05 bits per heavy atom. The summed E-state index contributed by atoms with van der Waals surface area (Å²) in [6.45, 7) is 8.97. The molecular formula is C18H26Cl2Hf. The van der Waals surface area contributed by atoms with Gasteiger partial charge in [-0.05, 0) is 0 Å². The van der Waals surface area contributed by atoms with E-state index in [1.165, 1.54) is 24.0 Å². The molecule has 0 fully saturated rings. The van der Waals surface area contributed by atoms with Crippen LogP contribution in [0.5, 0.6) is 0 Å². The van der Waals surface area contributed by atoms with Crippen molar-refractivity contribution in [3.05, 3.63) is 59.7 Å². The molecule has 0 aromatic heterocycles. The van der Waals surface area contributed by atoms with Gasteiger partial charge in [0.25, 0.3) is 0 Å². The van der Waals surface area contributed by atoms with Crippen molar-refractivity contribution < 1.29 is 50.7 Å². The Morgan fingerprint density at radius 2 is 0.857 bits per heavy atom. The quantitative estimate of drug-likeness (QED) is 0.389. The van der Waals surface area contributed by atoms with Crippen molar-refractivity contribution >= 4 is 0 Å². The van der Waals surface area contributed by atoms with E-state index in [1.54, 1.807) is 0 Å². The first-order valence-corrected chi connectivity index (χ1v) is 6.99. The van der Waals surface area contributed by atoms with Gasteiger partial charge in [-0.15, -0.1) is 0 Å². The summed E-state index contributed by atoms with van der Waals surface area (Å²) in [5.41, 5.74) is 2.93. The van der Waals surface area contributed by atoms with Gasteiger partial charge in [-0.1, -0.05) is 52.4 Å². The molecule has 0 radical (unpaired) electrons. The molecule has 0 saturated heterocycles. The van der Waals surface area contributed by atoms with Crippen molar-refractivity contribution in [2.75, 3.05) is 0 Å². The molecule has 2 aromatic carbocycles. The second-order valence-corrected chi connectivity index (χ2v) is 5.78. The monoisotopic (exact) mass is 492 g/mol. The molecule has 3 heteroatoms. The minimum absolute atomic E-state index is 0. The summed E-state index contributed by atoms with van der Waals surface area (Å²) < 4.78 is 0. The van der Waals surface area contributed by atoms with Crippen LogP contribution in [0.4, 0.5) is 0 Å². The van der Waals surface area contributed by atoms with Gasteiger partial charge in [0.15, 0.2) is 0 Å². The molecule has 0 spiro atoms. The van der Waals surface area contributed by atoms with Gasteiger partial charge in [0, 0.05) is 0 Å². The molecular weight excluding hydrogens is 466 g/mol. The number of hydrogen-bond donors (Lipinski definition) is 0. The average Bonchev–Trinajstić information content (AvgIpc) is 2.90. The zero-order valence-electron chi connectivity index (χ0n) is 13.4. The zero-order chi connectivity index (χ0) is 13.4. The van der Waals surface area contributed by atoms with E-state index in [1.807, 2.05) is 0 Å². The Kier molecular flexibility index (Phi) is 18.7. The molecule has 0 amide bonds. The van der Waals surface area contributed by atoms with E-state index in [0.717, 1.165) is 11.8 Å². The zero-order valence-corrected chi connectivity index (χ0v) is 18.5. The van der Waals surface area contributed by atoms with E-state index in [2.05, 4.69) is 76.2 Å². The molecule has 0 N–H and O–H groups in total. The summed E-state index contributed by atoms with van der Waals surface area (Å²) >= 11 is 0. The molecule has 21 heavy (non-hydrogen) atoms. The van der Waals surface area contributed by atoms with Crippen LogP contribution in [-0.4, -0.2) is 0 Å². The molecule has 0 atom stereocenters. The van der Waals surface area contributed by atoms with Gasteiger partial charge in [0.05, 0.1) is 0 Å². The summed E-state index contributed by atoms with van der Waals surface area (Å²) in [5.74, 6) is 1.57. The number of hydrogen-bond acceptors (Lipinski definition) is 0. The summed E-state index contributed by atoms with van der Waals surface area (Å²) in [6.07, 6.45) is 2.43.